The molecule has 1 aromatic heterocycles. The molecule has 0 bridgehead atoms. The zero-order chi connectivity index (χ0) is 16.9. The number of rotatable bonds is 4. The fourth-order valence-electron chi connectivity index (χ4n) is 1.93. The van der Waals surface area contributed by atoms with Crippen molar-refractivity contribution in [1.82, 2.24) is 9.97 Å². The minimum absolute atomic E-state index is 0.291. The Kier molecular flexibility index (Phi) is 4.67. The molecule has 5 nitrogen and oxygen atoms in total. The third-order valence-electron chi connectivity index (χ3n) is 3.14. The van der Waals surface area contributed by atoms with Crippen molar-refractivity contribution in [3.8, 4) is 0 Å². The Labute approximate surface area is 142 Å². The van der Waals surface area contributed by atoms with Gasteiger partial charge in [-0.25, -0.2) is 14.4 Å². The lowest BCUT2D eigenvalue weighted by Gasteiger charge is -2.07. The molecule has 0 fully saturated rings. The van der Waals surface area contributed by atoms with E-state index in [1.165, 1.54) is 24.5 Å². The van der Waals surface area contributed by atoms with Gasteiger partial charge in [-0.3, -0.25) is 4.79 Å². The van der Waals surface area contributed by atoms with E-state index in [2.05, 4.69) is 20.6 Å². The smallest absolute Gasteiger partial charge is 0.258 e. The zero-order valence-corrected chi connectivity index (χ0v) is 13.1. The van der Waals surface area contributed by atoms with Crippen molar-refractivity contribution >= 4 is 34.8 Å². The lowest BCUT2D eigenvalue weighted by Crippen LogP contribution is -2.13. The molecule has 3 rings (SSSR count). The lowest BCUT2D eigenvalue weighted by molar-refractivity contribution is 0.102. The third kappa shape index (κ3) is 3.85. The molecular formula is C17H12ClFN4O. The van der Waals surface area contributed by atoms with E-state index in [9.17, 15) is 9.18 Å². The molecule has 0 unspecified atom stereocenters. The van der Waals surface area contributed by atoms with Crippen LogP contribution in [0.1, 0.15) is 10.4 Å². The number of anilines is 3. The molecule has 120 valence electrons. The Balaban J connectivity index is 1.68. The van der Waals surface area contributed by atoms with Crippen molar-refractivity contribution in [2.75, 3.05) is 10.6 Å². The van der Waals surface area contributed by atoms with Crippen LogP contribution >= 0.6 is 11.6 Å². The first-order chi connectivity index (χ1) is 11.6. The zero-order valence-electron chi connectivity index (χ0n) is 12.3. The summed E-state index contributed by atoms with van der Waals surface area (Å²) in [5.41, 5.74) is 1.45. The first kappa shape index (κ1) is 15.9. The third-order valence-corrected chi connectivity index (χ3v) is 3.47. The number of benzene rings is 2. The summed E-state index contributed by atoms with van der Waals surface area (Å²) in [6.07, 6.45) is 2.79. The van der Waals surface area contributed by atoms with E-state index in [-0.39, 0.29) is 11.7 Å². The first-order valence-corrected chi connectivity index (χ1v) is 7.40. The Morgan fingerprint density at radius 2 is 1.67 bits per heavy atom. The molecule has 0 radical (unpaired) electrons. The number of carbonyl (C=O) groups is 1. The highest BCUT2D eigenvalue weighted by molar-refractivity contribution is 6.33. The molecule has 0 aliphatic rings. The van der Waals surface area contributed by atoms with Crippen molar-refractivity contribution in [1.29, 1.82) is 0 Å². The van der Waals surface area contributed by atoms with Gasteiger partial charge < -0.3 is 10.6 Å². The van der Waals surface area contributed by atoms with Crippen LogP contribution in [0.3, 0.4) is 0 Å². The Morgan fingerprint density at radius 1 is 1.00 bits per heavy atom. The largest absolute Gasteiger partial charge is 0.324 e. The summed E-state index contributed by atoms with van der Waals surface area (Å²) in [5.74, 6) is -0.389. The maximum Gasteiger partial charge on any atom is 0.258 e. The fourth-order valence-corrected chi connectivity index (χ4v) is 2.11. The van der Waals surface area contributed by atoms with Gasteiger partial charge in [0.15, 0.2) is 0 Å². The molecule has 0 saturated heterocycles. The second-order valence-electron chi connectivity index (χ2n) is 4.86. The van der Waals surface area contributed by atoms with E-state index in [1.807, 2.05) is 0 Å². The monoisotopic (exact) mass is 342 g/mol. The van der Waals surface area contributed by atoms with Gasteiger partial charge >= 0.3 is 0 Å². The van der Waals surface area contributed by atoms with Crippen LogP contribution < -0.4 is 10.6 Å². The van der Waals surface area contributed by atoms with Crippen LogP contribution in [0, 0.1) is 5.82 Å². The van der Waals surface area contributed by atoms with Crippen molar-refractivity contribution in [2.24, 2.45) is 0 Å². The highest BCUT2D eigenvalue weighted by Crippen LogP contribution is 2.21. The Morgan fingerprint density at radius 3 is 2.33 bits per heavy atom. The minimum Gasteiger partial charge on any atom is -0.324 e. The molecule has 7 heteroatoms. The first-order valence-electron chi connectivity index (χ1n) is 7.02. The maximum absolute atomic E-state index is 12.9. The van der Waals surface area contributed by atoms with E-state index < -0.39 is 0 Å². The van der Waals surface area contributed by atoms with Gasteiger partial charge in [-0.1, -0.05) is 23.7 Å². The number of hydrogen-bond donors (Lipinski definition) is 2. The number of nitrogens with zero attached hydrogens (tertiary/aromatic N) is 2. The predicted molar refractivity (Wildman–Crippen MR) is 91.1 cm³/mol. The molecule has 0 aliphatic heterocycles. The lowest BCUT2D eigenvalue weighted by atomic mass is 10.3. The summed E-state index contributed by atoms with van der Waals surface area (Å²) in [4.78, 5) is 20.3. The highest BCUT2D eigenvalue weighted by atomic mass is 35.5. The summed E-state index contributed by atoms with van der Waals surface area (Å²) < 4.78 is 12.9. The number of carbonyl (C=O) groups excluding carboxylic acids is 1. The van der Waals surface area contributed by atoms with Crippen molar-refractivity contribution in [2.45, 2.75) is 0 Å². The maximum atomic E-state index is 12.9. The van der Waals surface area contributed by atoms with Crippen LogP contribution in [-0.2, 0) is 0 Å². The normalized spacial score (nSPS) is 10.2. The summed E-state index contributed by atoms with van der Waals surface area (Å²) in [7, 11) is 0. The quantitative estimate of drug-likeness (QED) is 0.743. The summed E-state index contributed by atoms with van der Waals surface area (Å²) in [6.45, 7) is 0. The molecule has 2 N–H and O–H groups in total. The van der Waals surface area contributed by atoms with Crippen LogP contribution in [0.4, 0.5) is 21.7 Å². The van der Waals surface area contributed by atoms with Crippen LogP contribution in [0.5, 0.6) is 0 Å². The topological polar surface area (TPSA) is 66.9 Å². The van der Waals surface area contributed by atoms with Crippen LogP contribution in [0.25, 0.3) is 0 Å². The van der Waals surface area contributed by atoms with Gasteiger partial charge in [-0.2, -0.15) is 0 Å². The van der Waals surface area contributed by atoms with E-state index >= 15 is 0 Å². The molecule has 0 atom stereocenters. The minimum atomic E-state index is -0.364. The number of halogens is 2. The number of amides is 1. The van der Waals surface area contributed by atoms with Crippen LogP contribution in [0.2, 0.25) is 5.02 Å². The van der Waals surface area contributed by atoms with Gasteiger partial charge in [-0.05, 0) is 36.4 Å². The molecule has 1 amide bonds. The van der Waals surface area contributed by atoms with Crippen molar-refractivity contribution < 1.29 is 9.18 Å². The van der Waals surface area contributed by atoms with Gasteiger partial charge in [0.05, 0.1) is 16.3 Å². The van der Waals surface area contributed by atoms with Gasteiger partial charge in [0.1, 0.15) is 5.82 Å². The summed E-state index contributed by atoms with van der Waals surface area (Å²) in [5, 5.41) is 6.05. The average Bonchev–Trinajstić information content (AvgIpc) is 2.59. The number of nitrogens with one attached hydrogen (secondary N) is 2. The van der Waals surface area contributed by atoms with E-state index in [0.717, 1.165) is 0 Å². The van der Waals surface area contributed by atoms with E-state index in [1.54, 1.807) is 36.4 Å². The second kappa shape index (κ2) is 7.06. The number of aromatic nitrogens is 2. The van der Waals surface area contributed by atoms with Crippen molar-refractivity contribution in [3.05, 3.63) is 77.3 Å². The summed E-state index contributed by atoms with van der Waals surface area (Å²) in [6, 6.07) is 12.7. The molecule has 0 saturated carbocycles. The molecule has 1 heterocycles. The molecule has 3 aromatic rings. The standard InChI is InChI=1S/C17H12ClFN4O/c18-14-3-1-2-4-15(14)23-16(24)11-9-20-17(21-10-11)22-13-7-5-12(19)6-8-13/h1-10H,(H,23,24)(H,20,21,22). The predicted octanol–water partition coefficient (Wildman–Crippen LogP) is 4.27. The fraction of sp³-hybridized carbons (Fsp3) is 0. The van der Waals surface area contributed by atoms with Crippen LogP contribution in [-0.4, -0.2) is 15.9 Å². The van der Waals surface area contributed by atoms with Gasteiger partial charge in [0, 0.05) is 18.1 Å². The average molecular weight is 343 g/mol. The molecular weight excluding hydrogens is 331 g/mol. The van der Waals surface area contributed by atoms with Crippen molar-refractivity contribution in [3.63, 3.8) is 0 Å². The Bertz CT molecular complexity index is 853. The molecule has 0 spiro atoms. The number of para-hydroxylation sites is 1. The molecule has 2 aromatic carbocycles. The number of hydrogen-bond acceptors (Lipinski definition) is 4. The highest BCUT2D eigenvalue weighted by Gasteiger charge is 2.09. The molecule has 0 aliphatic carbocycles. The molecule has 24 heavy (non-hydrogen) atoms. The van der Waals surface area contributed by atoms with Gasteiger partial charge in [0.2, 0.25) is 5.95 Å². The summed E-state index contributed by atoms with van der Waals surface area (Å²) >= 11 is 6.00. The van der Waals surface area contributed by atoms with Gasteiger partial charge in [0.25, 0.3) is 5.91 Å². The van der Waals surface area contributed by atoms with Gasteiger partial charge in [-0.15, -0.1) is 0 Å². The van der Waals surface area contributed by atoms with E-state index in [4.69, 9.17) is 11.6 Å². The second-order valence-corrected chi connectivity index (χ2v) is 5.27. The van der Waals surface area contributed by atoms with E-state index in [0.29, 0.717) is 27.9 Å². The van der Waals surface area contributed by atoms with Crippen LogP contribution in [0.15, 0.2) is 60.9 Å². The SMILES string of the molecule is O=C(Nc1ccccc1Cl)c1cnc(Nc2ccc(F)cc2)nc1. The Hall–Kier alpha value is -2.99.